The molecule has 1 fully saturated rings. The van der Waals surface area contributed by atoms with E-state index in [0.717, 1.165) is 13.1 Å². The smallest absolute Gasteiger partial charge is 0.0416 e. The molecule has 0 aromatic heterocycles. The van der Waals surface area contributed by atoms with Crippen molar-refractivity contribution in [1.82, 2.24) is 5.32 Å². The van der Waals surface area contributed by atoms with E-state index in [1.54, 1.807) is 0 Å². The van der Waals surface area contributed by atoms with Crippen LogP contribution in [0.2, 0.25) is 0 Å². The third-order valence-corrected chi connectivity index (χ3v) is 4.05. The monoisotopic (exact) mass is 260 g/mol. The summed E-state index contributed by atoms with van der Waals surface area (Å²) in [5, 5.41) is 3.57. The second kappa shape index (κ2) is 5.96. The fourth-order valence-corrected chi connectivity index (χ4v) is 2.97. The third kappa shape index (κ3) is 3.50. The van der Waals surface area contributed by atoms with E-state index in [1.165, 1.54) is 30.6 Å². The highest BCUT2D eigenvalue weighted by Crippen LogP contribution is 2.35. The summed E-state index contributed by atoms with van der Waals surface area (Å²) >= 11 is 0. The van der Waals surface area contributed by atoms with E-state index in [2.05, 4.69) is 62.2 Å². The van der Waals surface area contributed by atoms with Gasteiger partial charge in [-0.05, 0) is 50.8 Å². The lowest BCUT2D eigenvalue weighted by Crippen LogP contribution is -2.39. The Morgan fingerprint density at radius 3 is 2.63 bits per heavy atom. The van der Waals surface area contributed by atoms with Crippen molar-refractivity contribution in [3.63, 3.8) is 0 Å². The molecule has 0 atom stereocenters. The average molecular weight is 260 g/mol. The lowest BCUT2D eigenvalue weighted by molar-refractivity contribution is 0.513. The van der Waals surface area contributed by atoms with Crippen LogP contribution in [0.15, 0.2) is 24.3 Å². The van der Waals surface area contributed by atoms with Gasteiger partial charge in [-0.15, -0.1) is 0 Å². The van der Waals surface area contributed by atoms with Crippen LogP contribution < -0.4 is 10.2 Å². The van der Waals surface area contributed by atoms with Gasteiger partial charge in [-0.25, -0.2) is 0 Å². The molecule has 0 bridgehead atoms. The van der Waals surface area contributed by atoms with E-state index in [-0.39, 0.29) is 0 Å². The molecule has 0 aliphatic carbocycles. The van der Waals surface area contributed by atoms with Crippen LogP contribution in [0, 0.1) is 5.92 Å². The summed E-state index contributed by atoms with van der Waals surface area (Å²) in [4.78, 5) is 2.58. The SMILES string of the molecule is CC(C)CNCc1ccccc1N1CCCC1(C)C. The van der Waals surface area contributed by atoms with Gasteiger partial charge in [-0.2, -0.15) is 0 Å². The molecule has 1 N–H and O–H groups in total. The topological polar surface area (TPSA) is 15.3 Å². The van der Waals surface area contributed by atoms with Crippen molar-refractivity contribution in [1.29, 1.82) is 0 Å². The number of hydrogen-bond acceptors (Lipinski definition) is 2. The van der Waals surface area contributed by atoms with Crippen LogP contribution in [0.5, 0.6) is 0 Å². The summed E-state index contributed by atoms with van der Waals surface area (Å²) < 4.78 is 0. The maximum Gasteiger partial charge on any atom is 0.0416 e. The molecule has 2 nitrogen and oxygen atoms in total. The van der Waals surface area contributed by atoms with Gasteiger partial charge in [0.1, 0.15) is 0 Å². The minimum absolute atomic E-state index is 0.300. The van der Waals surface area contributed by atoms with Crippen molar-refractivity contribution >= 4 is 5.69 Å². The van der Waals surface area contributed by atoms with Crippen LogP contribution >= 0.6 is 0 Å². The third-order valence-electron chi connectivity index (χ3n) is 4.05. The van der Waals surface area contributed by atoms with Crippen LogP contribution in [-0.4, -0.2) is 18.6 Å². The van der Waals surface area contributed by atoms with Crippen LogP contribution in [0.1, 0.15) is 46.1 Å². The van der Waals surface area contributed by atoms with Gasteiger partial charge < -0.3 is 10.2 Å². The summed E-state index contributed by atoms with van der Waals surface area (Å²) in [7, 11) is 0. The Hall–Kier alpha value is -1.02. The Balaban J connectivity index is 2.12. The molecule has 1 aromatic carbocycles. The minimum atomic E-state index is 0.300. The zero-order valence-electron chi connectivity index (χ0n) is 12.9. The molecule has 1 aliphatic rings. The fourth-order valence-electron chi connectivity index (χ4n) is 2.97. The standard InChI is InChI=1S/C17H28N2/c1-14(2)12-18-13-15-8-5-6-9-16(15)19-11-7-10-17(19,3)4/h5-6,8-9,14,18H,7,10-13H2,1-4H3. The van der Waals surface area contributed by atoms with Crippen molar-refractivity contribution in [3.05, 3.63) is 29.8 Å². The van der Waals surface area contributed by atoms with E-state index in [1.807, 2.05) is 0 Å². The zero-order chi connectivity index (χ0) is 13.9. The summed E-state index contributed by atoms with van der Waals surface area (Å²) in [6.45, 7) is 12.5. The van der Waals surface area contributed by atoms with Gasteiger partial charge in [0.2, 0.25) is 0 Å². The number of nitrogens with one attached hydrogen (secondary N) is 1. The summed E-state index contributed by atoms with van der Waals surface area (Å²) in [6, 6.07) is 8.85. The summed E-state index contributed by atoms with van der Waals surface area (Å²) in [5.74, 6) is 0.704. The molecular formula is C17H28N2. The number of hydrogen-bond donors (Lipinski definition) is 1. The lowest BCUT2D eigenvalue weighted by Gasteiger charge is -2.35. The fraction of sp³-hybridized carbons (Fsp3) is 0.647. The Labute approximate surface area is 118 Å². The van der Waals surface area contributed by atoms with Crippen LogP contribution in [0.3, 0.4) is 0 Å². The first-order valence-corrected chi connectivity index (χ1v) is 7.57. The number of nitrogens with zero attached hydrogens (tertiary/aromatic N) is 1. The van der Waals surface area contributed by atoms with E-state index in [4.69, 9.17) is 0 Å². The largest absolute Gasteiger partial charge is 0.366 e. The van der Waals surface area contributed by atoms with Crippen LogP contribution in [-0.2, 0) is 6.54 Å². The summed E-state index contributed by atoms with van der Waals surface area (Å²) in [5.41, 5.74) is 3.15. The molecule has 0 radical (unpaired) electrons. The highest BCUT2D eigenvalue weighted by molar-refractivity contribution is 5.56. The van der Waals surface area contributed by atoms with Gasteiger partial charge >= 0.3 is 0 Å². The molecule has 0 saturated carbocycles. The van der Waals surface area contributed by atoms with Gasteiger partial charge in [-0.3, -0.25) is 0 Å². The maximum atomic E-state index is 3.57. The first kappa shape index (κ1) is 14.4. The number of benzene rings is 1. The lowest BCUT2D eigenvalue weighted by atomic mass is 10.0. The minimum Gasteiger partial charge on any atom is -0.366 e. The van der Waals surface area contributed by atoms with Gasteiger partial charge in [0.25, 0.3) is 0 Å². The molecule has 0 unspecified atom stereocenters. The molecule has 2 rings (SSSR count). The van der Waals surface area contributed by atoms with Crippen molar-refractivity contribution in [2.45, 2.75) is 52.6 Å². The van der Waals surface area contributed by atoms with Gasteiger partial charge in [-0.1, -0.05) is 32.0 Å². The molecular weight excluding hydrogens is 232 g/mol. The molecule has 106 valence electrons. The van der Waals surface area contributed by atoms with Crippen LogP contribution in [0.25, 0.3) is 0 Å². The molecule has 0 spiro atoms. The molecule has 2 heteroatoms. The molecule has 19 heavy (non-hydrogen) atoms. The van der Waals surface area contributed by atoms with Gasteiger partial charge in [0.15, 0.2) is 0 Å². The Morgan fingerprint density at radius 1 is 1.26 bits per heavy atom. The number of rotatable bonds is 5. The van der Waals surface area contributed by atoms with Gasteiger partial charge in [0, 0.05) is 24.3 Å². The molecule has 1 aromatic rings. The Bertz CT molecular complexity index is 409. The van der Waals surface area contributed by atoms with E-state index in [0.29, 0.717) is 11.5 Å². The highest BCUT2D eigenvalue weighted by Gasteiger charge is 2.32. The van der Waals surface area contributed by atoms with Crippen molar-refractivity contribution in [2.75, 3.05) is 18.0 Å². The second-order valence-electron chi connectivity index (χ2n) is 6.72. The van der Waals surface area contributed by atoms with Crippen LogP contribution in [0.4, 0.5) is 5.69 Å². The zero-order valence-corrected chi connectivity index (χ0v) is 12.9. The van der Waals surface area contributed by atoms with Crippen molar-refractivity contribution in [3.8, 4) is 0 Å². The maximum absolute atomic E-state index is 3.57. The Kier molecular flexibility index (Phi) is 4.51. The first-order valence-electron chi connectivity index (χ1n) is 7.57. The molecule has 0 amide bonds. The number of para-hydroxylation sites is 1. The van der Waals surface area contributed by atoms with Crippen molar-refractivity contribution < 1.29 is 0 Å². The first-order chi connectivity index (χ1) is 9.00. The van der Waals surface area contributed by atoms with Crippen molar-refractivity contribution in [2.24, 2.45) is 5.92 Å². The quantitative estimate of drug-likeness (QED) is 0.866. The van der Waals surface area contributed by atoms with E-state index >= 15 is 0 Å². The highest BCUT2D eigenvalue weighted by atomic mass is 15.2. The number of anilines is 1. The Morgan fingerprint density at radius 2 is 2.00 bits per heavy atom. The predicted octanol–water partition coefficient (Wildman–Crippen LogP) is 3.81. The normalized spacial score (nSPS) is 18.3. The molecule has 1 saturated heterocycles. The van der Waals surface area contributed by atoms with E-state index < -0.39 is 0 Å². The predicted molar refractivity (Wildman–Crippen MR) is 83.6 cm³/mol. The average Bonchev–Trinajstić information content (AvgIpc) is 2.69. The molecule has 1 aliphatic heterocycles. The van der Waals surface area contributed by atoms with Gasteiger partial charge in [0.05, 0.1) is 0 Å². The second-order valence-corrected chi connectivity index (χ2v) is 6.72. The van der Waals surface area contributed by atoms with E-state index in [9.17, 15) is 0 Å². The molecule has 1 heterocycles. The summed E-state index contributed by atoms with van der Waals surface area (Å²) in [6.07, 6.45) is 2.60.